The number of nitrogens with zero attached hydrogens (tertiary/aromatic N) is 4. The van der Waals surface area contributed by atoms with E-state index in [1.807, 2.05) is 7.05 Å². The van der Waals surface area contributed by atoms with Crippen LogP contribution in [0.2, 0.25) is 0 Å². The molecule has 192 valence electrons. The van der Waals surface area contributed by atoms with Crippen molar-refractivity contribution in [1.29, 1.82) is 0 Å². The number of aryl methyl sites for hydroxylation is 2. The van der Waals surface area contributed by atoms with Crippen LogP contribution < -0.4 is 4.74 Å². The van der Waals surface area contributed by atoms with Gasteiger partial charge in [-0.3, -0.25) is 4.68 Å². The number of carbonyl (C=O) groups is 1. The first-order chi connectivity index (χ1) is 16.8. The molecule has 6 atom stereocenters. The van der Waals surface area contributed by atoms with Crippen molar-refractivity contribution in [2.24, 2.45) is 7.05 Å². The number of aromatic nitrogens is 3. The maximum Gasteiger partial charge on any atom is 0.335 e. The summed E-state index contributed by atoms with van der Waals surface area (Å²) in [6, 6.07) is 0. The molecule has 2 saturated heterocycles. The fourth-order valence-electron chi connectivity index (χ4n) is 5.75. The van der Waals surface area contributed by atoms with Crippen LogP contribution in [0.5, 0.6) is 5.88 Å². The van der Waals surface area contributed by atoms with Gasteiger partial charge in [-0.25, -0.2) is 4.79 Å². The molecule has 3 aliphatic rings. The number of ether oxygens (including phenoxy) is 2. The van der Waals surface area contributed by atoms with Crippen molar-refractivity contribution < 1.29 is 34.7 Å². The summed E-state index contributed by atoms with van der Waals surface area (Å²) in [5.74, 6) is -0.869. The summed E-state index contributed by atoms with van der Waals surface area (Å²) in [5, 5.41) is 45.9. The molecule has 5 rings (SSSR count). The lowest BCUT2D eigenvalue weighted by Crippen LogP contribution is -2.61. The molecule has 2 aromatic rings. The van der Waals surface area contributed by atoms with Crippen LogP contribution >= 0.6 is 0 Å². The molecule has 0 radical (unpaired) electrons. The number of hydrogen-bond acceptors (Lipinski definition) is 9. The first-order valence-corrected chi connectivity index (χ1v) is 12.5. The van der Waals surface area contributed by atoms with Crippen LogP contribution in [0.25, 0.3) is 11.0 Å². The molecule has 2 aromatic heterocycles. The number of pyridine rings is 1. The van der Waals surface area contributed by atoms with E-state index in [1.54, 1.807) is 4.68 Å². The van der Waals surface area contributed by atoms with E-state index in [0.717, 1.165) is 80.4 Å². The predicted molar refractivity (Wildman–Crippen MR) is 124 cm³/mol. The van der Waals surface area contributed by atoms with Crippen LogP contribution in [0.4, 0.5) is 0 Å². The monoisotopic (exact) mass is 490 g/mol. The Labute approximate surface area is 203 Å². The number of carboxylic acids is 1. The van der Waals surface area contributed by atoms with Crippen molar-refractivity contribution in [3.05, 3.63) is 16.8 Å². The summed E-state index contributed by atoms with van der Waals surface area (Å²) >= 11 is 0. The van der Waals surface area contributed by atoms with E-state index < -0.39 is 36.7 Å². The van der Waals surface area contributed by atoms with Crippen molar-refractivity contribution in [3.8, 4) is 5.88 Å². The normalized spacial score (nSPS) is 31.6. The molecule has 0 spiro atoms. The minimum absolute atomic E-state index is 0.248. The second-order valence-corrected chi connectivity index (χ2v) is 9.93. The van der Waals surface area contributed by atoms with Gasteiger partial charge < -0.3 is 34.8 Å². The van der Waals surface area contributed by atoms with Crippen LogP contribution in [-0.2, 0) is 29.4 Å². The van der Waals surface area contributed by atoms with Gasteiger partial charge in [-0.2, -0.15) is 10.1 Å². The molecule has 11 heteroatoms. The predicted octanol–water partition coefficient (Wildman–Crippen LogP) is 0.317. The summed E-state index contributed by atoms with van der Waals surface area (Å²) in [7, 11) is 1.85. The van der Waals surface area contributed by atoms with Gasteiger partial charge in [0.15, 0.2) is 11.8 Å². The third-order valence-corrected chi connectivity index (χ3v) is 7.52. The number of hydrogen-bond donors (Lipinski definition) is 4. The Kier molecular flexibility index (Phi) is 6.71. The van der Waals surface area contributed by atoms with Gasteiger partial charge in [-0.1, -0.05) is 6.92 Å². The zero-order chi connectivity index (χ0) is 24.9. The Hall–Kier alpha value is -2.31. The van der Waals surface area contributed by atoms with Crippen LogP contribution in [0.15, 0.2) is 0 Å². The van der Waals surface area contributed by atoms with Crippen LogP contribution in [0.3, 0.4) is 0 Å². The molecule has 1 aliphatic carbocycles. The Morgan fingerprint density at radius 1 is 1.14 bits per heavy atom. The van der Waals surface area contributed by atoms with E-state index >= 15 is 0 Å². The summed E-state index contributed by atoms with van der Waals surface area (Å²) in [5.41, 5.74) is 3.78. The summed E-state index contributed by atoms with van der Waals surface area (Å²) < 4.78 is 13.1. The number of likely N-dealkylation sites (tertiary alicyclic amines) is 1. The molecule has 4 heterocycles. The smallest absolute Gasteiger partial charge is 0.335 e. The maximum atomic E-state index is 11.5. The zero-order valence-corrected chi connectivity index (χ0v) is 20.1. The van der Waals surface area contributed by atoms with Crippen LogP contribution in [-0.4, -0.2) is 96.4 Å². The van der Waals surface area contributed by atoms with E-state index in [4.69, 9.17) is 19.6 Å². The minimum atomic E-state index is -1.77. The maximum absolute atomic E-state index is 11.5. The quantitative estimate of drug-likeness (QED) is 0.446. The van der Waals surface area contributed by atoms with Gasteiger partial charge in [0.05, 0.1) is 5.69 Å². The molecule has 0 aromatic carbocycles. The summed E-state index contributed by atoms with van der Waals surface area (Å²) in [6.45, 7) is 5.31. The molecule has 4 N–H and O–H groups in total. The molecule has 35 heavy (non-hydrogen) atoms. The third kappa shape index (κ3) is 4.29. The van der Waals surface area contributed by atoms with Gasteiger partial charge in [0, 0.05) is 30.5 Å². The van der Waals surface area contributed by atoms with E-state index in [9.17, 15) is 25.2 Å². The van der Waals surface area contributed by atoms with Crippen molar-refractivity contribution in [2.45, 2.75) is 82.1 Å². The minimum Gasteiger partial charge on any atom is -0.479 e. The number of aliphatic hydroxyl groups excluding tert-OH is 3. The fourth-order valence-corrected chi connectivity index (χ4v) is 5.75. The van der Waals surface area contributed by atoms with Crippen LogP contribution in [0.1, 0.15) is 55.3 Å². The van der Waals surface area contributed by atoms with Gasteiger partial charge in [-0.05, 0) is 57.2 Å². The molecule has 0 bridgehead atoms. The largest absolute Gasteiger partial charge is 0.479 e. The fraction of sp³-hybridized carbons (Fsp3) is 0.708. The molecular formula is C24H34N4O7. The van der Waals surface area contributed by atoms with Gasteiger partial charge in [-0.15, -0.1) is 0 Å². The highest BCUT2D eigenvalue weighted by molar-refractivity contribution is 5.85. The Morgan fingerprint density at radius 3 is 2.60 bits per heavy atom. The molecular weight excluding hydrogens is 456 g/mol. The molecule has 2 aliphatic heterocycles. The first-order valence-electron chi connectivity index (χ1n) is 12.5. The summed E-state index contributed by atoms with van der Waals surface area (Å²) in [6.07, 6.45) is -2.63. The Bertz CT molecular complexity index is 1110. The zero-order valence-electron chi connectivity index (χ0n) is 20.1. The average molecular weight is 491 g/mol. The van der Waals surface area contributed by atoms with Crippen LogP contribution in [0, 0.1) is 0 Å². The van der Waals surface area contributed by atoms with Crippen molar-refractivity contribution in [2.75, 3.05) is 19.6 Å². The number of fused-ring (bicyclic) bond motifs is 3. The molecule has 0 saturated carbocycles. The lowest BCUT2D eigenvalue weighted by atomic mass is 9.88. The average Bonchev–Trinajstić information content (AvgIpc) is 3.44. The molecule has 0 amide bonds. The highest BCUT2D eigenvalue weighted by Crippen LogP contribution is 2.40. The summed E-state index contributed by atoms with van der Waals surface area (Å²) in [4.78, 5) is 18.7. The standard InChI is InChI=1S/C24H34N4O7/c1-3-9-28-10-8-12(11-28)16-15-13-6-4-5-7-14(13)22(25-21(15)27(2)26-16)35-24-19(31)17(29)18(30)20(34-24)23(32)33/h12,17-20,24,29-31H,3-11H2,1-2H3,(H,32,33)/t12-,17+,18-,19-,20+,24+/m1/s1. The van der Waals surface area contributed by atoms with Crippen molar-refractivity contribution in [1.82, 2.24) is 19.7 Å². The van der Waals surface area contributed by atoms with Gasteiger partial charge in [0.25, 0.3) is 0 Å². The first kappa shape index (κ1) is 24.4. The third-order valence-electron chi connectivity index (χ3n) is 7.52. The number of rotatable bonds is 6. The second kappa shape index (κ2) is 9.62. The van der Waals surface area contributed by atoms with Crippen molar-refractivity contribution >= 4 is 17.0 Å². The number of aliphatic hydroxyl groups is 3. The highest BCUT2D eigenvalue weighted by Gasteiger charge is 2.48. The number of aliphatic carboxylic acids is 1. The Morgan fingerprint density at radius 2 is 1.89 bits per heavy atom. The van der Waals surface area contributed by atoms with E-state index in [2.05, 4.69) is 11.8 Å². The molecule has 2 fully saturated rings. The molecule has 11 nitrogen and oxygen atoms in total. The lowest BCUT2D eigenvalue weighted by molar-refractivity contribution is -0.271. The van der Waals surface area contributed by atoms with E-state index in [-0.39, 0.29) is 5.88 Å². The highest BCUT2D eigenvalue weighted by atomic mass is 16.7. The van der Waals surface area contributed by atoms with E-state index in [1.165, 1.54) is 0 Å². The van der Waals surface area contributed by atoms with Crippen molar-refractivity contribution in [3.63, 3.8) is 0 Å². The van der Waals surface area contributed by atoms with Gasteiger partial charge in [0.1, 0.15) is 18.3 Å². The topological polar surface area (TPSA) is 150 Å². The van der Waals surface area contributed by atoms with Gasteiger partial charge in [0.2, 0.25) is 12.2 Å². The second-order valence-electron chi connectivity index (χ2n) is 9.93. The van der Waals surface area contributed by atoms with Gasteiger partial charge >= 0.3 is 5.97 Å². The molecule has 0 unspecified atom stereocenters. The SMILES string of the molecule is CCCN1CC[C@@H](c2nn(C)c3nc(O[C@@H]4O[C@H](C(=O)O)[C@H](O)[C@H](O)[C@H]4O)c4c(c23)CCCC4)C1. The number of carboxylic acid groups (broad SMARTS) is 1. The lowest BCUT2D eigenvalue weighted by Gasteiger charge is -2.38. The van der Waals surface area contributed by atoms with E-state index in [0.29, 0.717) is 11.6 Å². The Balaban J connectivity index is 1.52.